The fraction of sp³-hybridized carbons (Fsp3) is 0.529. The first kappa shape index (κ1) is 17.4. The van der Waals surface area contributed by atoms with E-state index in [4.69, 9.17) is 5.11 Å². The van der Waals surface area contributed by atoms with E-state index in [0.29, 0.717) is 13.0 Å². The number of amides is 1. The zero-order chi connectivity index (χ0) is 17.0. The molecule has 0 aromatic heterocycles. The maximum Gasteiger partial charge on any atom is 0.320 e. The first-order chi connectivity index (χ1) is 10.9. The van der Waals surface area contributed by atoms with Crippen molar-refractivity contribution in [2.75, 3.05) is 13.1 Å². The average molecular weight is 322 g/mol. The van der Waals surface area contributed by atoms with Crippen LogP contribution in [0.4, 0.5) is 4.39 Å². The van der Waals surface area contributed by atoms with Crippen LogP contribution in [0.25, 0.3) is 0 Å². The minimum absolute atomic E-state index is 0.0708. The van der Waals surface area contributed by atoms with E-state index in [1.54, 1.807) is 17.0 Å². The van der Waals surface area contributed by atoms with Gasteiger partial charge in [-0.25, -0.2) is 4.39 Å². The van der Waals surface area contributed by atoms with Crippen molar-refractivity contribution >= 4 is 11.9 Å². The third-order valence-electron chi connectivity index (χ3n) is 4.21. The van der Waals surface area contributed by atoms with Crippen molar-refractivity contribution in [3.8, 4) is 0 Å². The fourth-order valence-electron chi connectivity index (χ4n) is 3.00. The highest BCUT2D eigenvalue weighted by molar-refractivity contribution is 5.80. The van der Waals surface area contributed by atoms with Gasteiger partial charge >= 0.3 is 5.97 Å². The Morgan fingerprint density at radius 2 is 2.00 bits per heavy atom. The number of benzene rings is 1. The molecule has 0 radical (unpaired) electrons. The fourth-order valence-corrected chi connectivity index (χ4v) is 3.00. The Morgan fingerprint density at radius 1 is 1.35 bits per heavy atom. The maximum absolute atomic E-state index is 13.1. The molecule has 1 saturated heterocycles. The lowest BCUT2D eigenvalue weighted by Crippen LogP contribution is -2.44. The number of carbonyl (C=O) groups is 2. The van der Waals surface area contributed by atoms with Crippen molar-refractivity contribution in [3.05, 3.63) is 35.6 Å². The minimum Gasteiger partial charge on any atom is -0.480 e. The van der Waals surface area contributed by atoms with Gasteiger partial charge in [0.2, 0.25) is 5.91 Å². The summed E-state index contributed by atoms with van der Waals surface area (Å²) >= 11 is 0. The lowest BCUT2D eigenvalue weighted by molar-refractivity contribution is -0.142. The molecular weight excluding hydrogens is 299 g/mol. The van der Waals surface area contributed by atoms with Crippen LogP contribution in [-0.4, -0.2) is 41.0 Å². The summed E-state index contributed by atoms with van der Waals surface area (Å²) in [7, 11) is 0. The van der Waals surface area contributed by atoms with Crippen LogP contribution in [0.15, 0.2) is 24.3 Å². The normalized spacial score (nSPS) is 19.7. The molecule has 0 saturated carbocycles. The van der Waals surface area contributed by atoms with Gasteiger partial charge in [-0.2, -0.15) is 0 Å². The Kier molecular flexibility index (Phi) is 5.71. The van der Waals surface area contributed by atoms with Crippen LogP contribution >= 0.6 is 0 Å². The molecule has 1 heterocycles. The molecule has 0 bridgehead atoms. The van der Waals surface area contributed by atoms with Crippen molar-refractivity contribution < 1.29 is 19.1 Å². The van der Waals surface area contributed by atoms with Gasteiger partial charge < -0.3 is 10.4 Å². The highest BCUT2D eigenvalue weighted by Gasteiger charge is 2.32. The Hall–Kier alpha value is -1.95. The Labute approximate surface area is 135 Å². The number of hydrogen-bond acceptors (Lipinski definition) is 3. The van der Waals surface area contributed by atoms with E-state index in [1.807, 2.05) is 13.8 Å². The van der Waals surface area contributed by atoms with Gasteiger partial charge in [-0.05, 0) is 43.0 Å². The number of nitrogens with zero attached hydrogens (tertiary/aromatic N) is 1. The van der Waals surface area contributed by atoms with Gasteiger partial charge in [0.25, 0.3) is 0 Å². The predicted octanol–water partition coefficient (Wildman–Crippen LogP) is 2.19. The third kappa shape index (κ3) is 4.51. The van der Waals surface area contributed by atoms with Crippen LogP contribution in [0, 0.1) is 11.7 Å². The number of likely N-dealkylation sites (tertiary alicyclic amines) is 1. The third-order valence-corrected chi connectivity index (χ3v) is 4.21. The Morgan fingerprint density at radius 3 is 2.57 bits per heavy atom. The monoisotopic (exact) mass is 322 g/mol. The molecule has 2 atom stereocenters. The number of carbonyl (C=O) groups excluding carboxylic acids is 1. The van der Waals surface area contributed by atoms with E-state index < -0.39 is 12.0 Å². The van der Waals surface area contributed by atoms with Gasteiger partial charge in [0, 0.05) is 0 Å². The van der Waals surface area contributed by atoms with Gasteiger partial charge in [0.05, 0.1) is 12.6 Å². The summed E-state index contributed by atoms with van der Waals surface area (Å²) in [5.41, 5.74) is 0.839. The maximum atomic E-state index is 13.1. The van der Waals surface area contributed by atoms with Crippen LogP contribution < -0.4 is 5.32 Å². The molecule has 0 aliphatic carbocycles. The van der Waals surface area contributed by atoms with Gasteiger partial charge in [-0.1, -0.05) is 26.0 Å². The topological polar surface area (TPSA) is 69.6 Å². The summed E-state index contributed by atoms with van der Waals surface area (Å²) < 4.78 is 13.1. The number of aliphatic carboxylic acids is 1. The predicted molar refractivity (Wildman–Crippen MR) is 84.4 cm³/mol. The van der Waals surface area contributed by atoms with E-state index in [0.717, 1.165) is 12.0 Å². The molecule has 1 aromatic rings. The first-order valence-electron chi connectivity index (χ1n) is 7.90. The molecular formula is C17H23FN2O3. The minimum atomic E-state index is -0.880. The molecule has 1 aliphatic heterocycles. The van der Waals surface area contributed by atoms with Crippen molar-refractivity contribution in [1.82, 2.24) is 10.2 Å². The van der Waals surface area contributed by atoms with Crippen molar-refractivity contribution in [2.45, 2.75) is 38.8 Å². The van der Waals surface area contributed by atoms with Gasteiger partial charge in [-0.3, -0.25) is 14.5 Å². The summed E-state index contributed by atoms with van der Waals surface area (Å²) in [6.45, 7) is 4.64. The molecule has 1 amide bonds. The van der Waals surface area contributed by atoms with E-state index in [9.17, 15) is 14.0 Å². The Bertz CT molecular complexity index is 559. The van der Waals surface area contributed by atoms with Crippen LogP contribution in [0.3, 0.4) is 0 Å². The van der Waals surface area contributed by atoms with Crippen LogP contribution in [-0.2, 0) is 9.59 Å². The van der Waals surface area contributed by atoms with E-state index in [2.05, 4.69) is 5.32 Å². The SMILES string of the molecule is CC(C)C(NC(=O)CN1CCCC1C(=O)O)c1ccc(F)cc1. The van der Waals surface area contributed by atoms with Crippen LogP contribution in [0.2, 0.25) is 0 Å². The van der Waals surface area contributed by atoms with Gasteiger partial charge in [0.1, 0.15) is 11.9 Å². The smallest absolute Gasteiger partial charge is 0.320 e. The lowest BCUT2D eigenvalue weighted by Gasteiger charge is -2.26. The number of nitrogens with one attached hydrogen (secondary N) is 1. The Balaban J connectivity index is 2.01. The van der Waals surface area contributed by atoms with Gasteiger partial charge in [-0.15, -0.1) is 0 Å². The molecule has 5 nitrogen and oxygen atoms in total. The van der Waals surface area contributed by atoms with Crippen molar-refractivity contribution in [3.63, 3.8) is 0 Å². The summed E-state index contributed by atoms with van der Waals surface area (Å²) in [6, 6.07) is 5.26. The number of carboxylic acids is 1. The standard InChI is InChI=1S/C17H23FN2O3/c1-11(2)16(12-5-7-13(18)8-6-12)19-15(21)10-20-9-3-4-14(20)17(22)23/h5-8,11,14,16H,3-4,9-10H2,1-2H3,(H,19,21)(H,22,23). The highest BCUT2D eigenvalue weighted by atomic mass is 19.1. The molecule has 1 aliphatic rings. The molecule has 23 heavy (non-hydrogen) atoms. The second-order valence-electron chi connectivity index (χ2n) is 6.31. The summed E-state index contributed by atoms with van der Waals surface area (Å²) in [6.07, 6.45) is 1.37. The first-order valence-corrected chi connectivity index (χ1v) is 7.90. The van der Waals surface area contributed by atoms with Crippen LogP contribution in [0.1, 0.15) is 38.3 Å². The lowest BCUT2D eigenvalue weighted by atomic mass is 9.96. The summed E-state index contributed by atoms with van der Waals surface area (Å²) in [5, 5.41) is 12.1. The number of hydrogen-bond donors (Lipinski definition) is 2. The quantitative estimate of drug-likeness (QED) is 0.842. The summed E-state index contributed by atoms with van der Waals surface area (Å²) in [5.74, 6) is -1.27. The molecule has 2 unspecified atom stereocenters. The second-order valence-corrected chi connectivity index (χ2v) is 6.31. The molecule has 2 N–H and O–H groups in total. The molecule has 126 valence electrons. The molecule has 6 heteroatoms. The molecule has 0 spiro atoms. The van der Waals surface area contributed by atoms with Gasteiger partial charge in [0.15, 0.2) is 0 Å². The number of rotatable bonds is 6. The largest absolute Gasteiger partial charge is 0.480 e. The molecule has 1 aromatic carbocycles. The molecule has 1 fully saturated rings. The van der Waals surface area contributed by atoms with Crippen LogP contribution in [0.5, 0.6) is 0 Å². The molecule has 2 rings (SSSR count). The van der Waals surface area contributed by atoms with Crippen molar-refractivity contribution in [2.24, 2.45) is 5.92 Å². The second kappa shape index (κ2) is 7.55. The number of carboxylic acid groups (broad SMARTS) is 1. The van der Waals surface area contributed by atoms with E-state index in [1.165, 1.54) is 12.1 Å². The van der Waals surface area contributed by atoms with E-state index in [-0.39, 0.29) is 30.2 Å². The average Bonchev–Trinajstić information content (AvgIpc) is 2.94. The zero-order valence-corrected chi connectivity index (χ0v) is 13.5. The number of halogens is 1. The van der Waals surface area contributed by atoms with Crippen molar-refractivity contribution in [1.29, 1.82) is 0 Å². The highest BCUT2D eigenvalue weighted by Crippen LogP contribution is 2.22. The summed E-state index contributed by atoms with van der Waals surface area (Å²) in [4.78, 5) is 25.2. The van der Waals surface area contributed by atoms with E-state index >= 15 is 0 Å². The zero-order valence-electron chi connectivity index (χ0n) is 13.5.